The first kappa shape index (κ1) is 13.8. The number of hydrogen-bond donors (Lipinski definition) is 1. The maximum atomic E-state index is 11.8. The molecule has 0 fully saturated rings. The molecule has 20 heavy (non-hydrogen) atoms. The van der Waals surface area contributed by atoms with E-state index < -0.39 is 11.5 Å². The van der Waals surface area contributed by atoms with E-state index in [1.807, 2.05) is 0 Å². The molecule has 0 saturated heterocycles. The van der Waals surface area contributed by atoms with Crippen molar-refractivity contribution >= 4 is 5.97 Å². The number of hydrogen-bond acceptors (Lipinski definition) is 5. The van der Waals surface area contributed by atoms with Gasteiger partial charge in [0.05, 0.1) is 13.7 Å². The Morgan fingerprint density at radius 1 is 1.30 bits per heavy atom. The lowest BCUT2D eigenvalue weighted by atomic mass is 10.2. The SMILES string of the molecule is CCOC(=O)c1cnc(-c2ccc(OC)cc2)[nH]c1=O. The first-order valence-electron chi connectivity index (χ1n) is 6.06. The minimum Gasteiger partial charge on any atom is -0.497 e. The third-order valence-corrected chi connectivity index (χ3v) is 2.66. The summed E-state index contributed by atoms with van der Waals surface area (Å²) in [6.45, 7) is 1.88. The van der Waals surface area contributed by atoms with Crippen LogP contribution in [0.5, 0.6) is 5.75 Å². The van der Waals surface area contributed by atoms with Gasteiger partial charge in [-0.1, -0.05) is 0 Å². The fourth-order valence-corrected chi connectivity index (χ4v) is 1.64. The summed E-state index contributed by atoms with van der Waals surface area (Å²) in [6.07, 6.45) is 1.22. The Kier molecular flexibility index (Phi) is 4.14. The molecule has 0 amide bonds. The summed E-state index contributed by atoms with van der Waals surface area (Å²) in [4.78, 5) is 30.0. The zero-order valence-electron chi connectivity index (χ0n) is 11.2. The second-order valence-electron chi connectivity index (χ2n) is 3.92. The van der Waals surface area contributed by atoms with Crippen LogP contribution in [-0.2, 0) is 4.74 Å². The first-order chi connectivity index (χ1) is 9.65. The zero-order chi connectivity index (χ0) is 14.5. The van der Waals surface area contributed by atoms with Crippen molar-refractivity contribution in [1.82, 2.24) is 9.97 Å². The van der Waals surface area contributed by atoms with Crippen LogP contribution in [0.2, 0.25) is 0 Å². The lowest BCUT2D eigenvalue weighted by molar-refractivity contribution is 0.0524. The van der Waals surface area contributed by atoms with Gasteiger partial charge >= 0.3 is 5.97 Å². The molecule has 2 rings (SSSR count). The van der Waals surface area contributed by atoms with Crippen LogP contribution in [0, 0.1) is 0 Å². The number of benzene rings is 1. The van der Waals surface area contributed by atoms with E-state index in [2.05, 4.69) is 9.97 Å². The number of nitrogens with one attached hydrogen (secondary N) is 1. The maximum Gasteiger partial charge on any atom is 0.345 e. The first-order valence-corrected chi connectivity index (χ1v) is 6.06. The van der Waals surface area contributed by atoms with Gasteiger partial charge in [0.15, 0.2) is 0 Å². The predicted octanol–water partition coefficient (Wildman–Crippen LogP) is 1.62. The average Bonchev–Trinajstić information content (AvgIpc) is 2.47. The van der Waals surface area contributed by atoms with Crippen molar-refractivity contribution in [2.24, 2.45) is 0 Å². The van der Waals surface area contributed by atoms with Gasteiger partial charge in [0.25, 0.3) is 5.56 Å². The van der Waals surface area contributed by atoms with Crippen molar-refractivity contribution in [3.8, 4) is 17.1 Å². The molecular formula is C14H14N2O4. The summed E-state index contributed by atoms with van der Waals surface area (Å²) in [5.41, 5.74) is 0.0895. The number of nitrogens with zero attached hydrogens (tertiary/aromatic N) is 1. The number of H-pyrrole nitrogens is 1. The van der Waals surface area contributed by atoms with E-state index in [9.17, 15) is 9.59 Å². The van der Waals surface area contributed by atoms with Gasteiger partial charge in [0.1, 0.15) is 17.1 Å². The second kappa shape index (κ2) is 6.01. The molecule has 0 aliphatic rings. The quantitative estimate of drug-likeness (QED) is 0.857. The van der Waals surface area contributed by atoms with Gasteiger partial charge in [0, 0.05) is 11.8 Å². The number of methoxy groups -OCH3 is 1. The predicted molar refractivity (Wildman–Crippen MR) is 72.8 cm³/mol. The number of ether oxygens (including phenoxy) is 2. The molecular weight excluding hydrogens is 260 g/mol. The van der Waals surface area contributed by atoms with E-state index >= 15 is 0 Å². The van der Waals surface area contributed by atoms with Crippen molar-refractivity contribution < 1.29 is 14.3 Å². The normalized spacial score (nSPS) is 10.1. The van der Waals surface area contributed by atoms with Crippen molar-refractivity contribution in [3.63, 3.8) is 0 Å². The summed E-state index contributed by atoms with van der Waals surface area (Å²) in [5.74, 6) is 0.410. The molecule has 0 radical (unpaired) electrons. The Bertz CT molecular complexity index is 662. The molecule has 0 bridgehead atoms. The highest BCUT2D eigenvalue weighted by atomic mass is 16.5. The van der Waals surface area contributed by atoms with Crippen LogP contribution in [-0.4, -0.2) is 29.7 Å². The standard InChI is InChI=1S/C14H14N2O4/c1-3-20-14(18)11-8-15-12(16-13(11)17)9-4-6-10(19-2)7-5-9/h4-8H,3H2,1-2H3,(H,15,16,17). The minimum atomic E-state index is -0.678. The van der Waals surface area contributed by atoms with Crippen molar-refractivity contribution in [2.45, 2.75) is 6.92 Å². The Morgan fingerprint density at radius 2 is 2.00 bits per heavy atom. The molecule has 0 spiro atoms. The molecule has 1 N–H and O–H groups in total. The zero-order valence-corrected chi connectivity index (χ0v) is 11.2. The fourth-order valence-electron chi connectivity index (χ4n) is 1.64. The van der Waals surface area contributed by atoms with E-state index in [1.165, 1.54) is 6.20 Å². The third-order valence-electron chi connectivity index (χ3n) is 2.66. The number of carbonyl (C=O) groups is 1. The molecule has 0 aliphatic heterocycles. The van der Waals surface area contributed by atoms with E-state index in [4.69, 9.17) is 9.47 Å². The maximum absolute atomic E-state index is 11.8. The molecule has 6 heteroatoms. The number of esters is 1. The van der Waals surface area contributed by atoms with E-state index in [1.54, 1.807) is 38.3 Å². The molecule has 104 valence electrons. The van der Waals surface area contributed by atoms with Crippen molar-refractivity contribution in [1.29, 1.82) is 0 Å². The van der Waals surface area contributed by atoms with E-state index in [0.29, 0.717) is 11.6 Å². The number of rotatable bonds is 4. The molecule has 1 aromatic heterocycles. The molecule has 0 aliphatic carbocycles. The van der Waals surface area contributed by atoms with Crippen LogP contribution in [0.1, 0.15) is 17.3 Å². The van der Waals surface area contributed by atoms with Gasteiger partial charge in [-0.2, -0.15) is 0 Å². The smallest absolute Gasteiger partial charge is 0.345 e. The van der Waals surface area contributed by atoms with Crippen LogP contribution in [0.3, 0.4) is 0 Å². The number of carbonyl (C=O) groups excluding carboxylic acids is 1. The highest BCUT2D eigenvalue weighted by molar-refractivity contribution is 5.88. The highest BCUT2D eigenvalue weighted by Crippen LogP contribution is 2.18. The van der Waals surface area contributed by atoms with Crippen molar-refractivity contribution in [3.05, 3.63) is 46.4 Å². The molecule has 2 aromatic rings. The van der Waals surface area contributed by atoms with E-state index in [0.717, 1.165) is 5.56 Å². The summed E-state index contributed by atoms with van der Waals surface area (Å²) >= 11 is 0. The Labute approximate surface area is 115 Å². The summed E-state index contributed by atoms with van der Waals surface area (Å²) in [7, 11) is 1.57. The van der Waals surface area contributed by atoms with Gasteiger partial charge in [-0.25, -0.2) is 9.78 Å². The van der Waals surface area contributed by atoms with Crippen LogP contribution < -0.4 is 10.3 Å². The second-order valence-corrected chi connectivity index (χ2v) is 3.92. The average molecular weight is 274 g/mol. The Morgan fingerprint density at radius 3 is 2.55 bits per heavy atom. The number of aromatic nitrogens is 2. The van der Waals surface area contributed by atoms with Gasteiger partial charge in [0.2, 0.25) is 0 Å². The van der Waals surface area contributed by atoms with E-state index in [-0.39, 0.29) is 12.2 Å². The van der Waals surface area contributed by atoms with Crippen LogP contribution in [0.4, 0.5) is 0 Å². The molecule has 1 heterocycles. The van der Waals surface area contributed by atoms with Gasteiger partial charge in [-0.15, -0.1) is 0 Å². The Balaban J connectivity index is 2.32. The molecule has 0 unspecified atom stereocenters. The summed E-state index contributed by atoms with van der Waals surface area (Å²) < 4.78 is 9.82. The third kappa shape index (κ3) is 2.85. The molecule has 0 saturated carbocycles. The highest BCUT2D eigenvalue weighted by Gasteiger charge is 2.13. The van der Waals surface area contributed by atoms with Gasteiger partial charge in [-0.05, 0) is 31.2 Å². The molecule has 6 nitrogen and oxygen atoms in total. The van der Waals surface area contributed by atoms with Gasteiger partial charge < -0.3 is 14.5 Å². The molecule has 1 aromatic carbocycles. The van der Waals surface area contributed by atoms with Crippen LogP contribution in [0.25, 0.3) is 11.4 Å². The van der Waals surface area contributed by atoms with Crippen LogP contribution in [0.15, 0.2) is 35.3 Å². The lowest BCUT2D eigenvalue weighted by Gasteiger charge is -2.04. The fraction of sp³-hybridized carbons (Fsp3) is 0.214. The number of aromatic amines is 1. The molecule has 0 atom stereocenters. The monoisotopic (exact) mass is 274 g/mol. The van der Waals surface area contributed by atoms with Crippen LogP contribution >= 0.6 is 0 Å². The Hall–Kier alpha value is -2.63. The van der Waals surface area contributed by atoms with Crippen molar-refractivity contribution in [2.75, 3.05) is 13.7 Å². The minimum absolute atomic E-state index is 0.107. The largest absolute Gasteiger partial charge is 0.497 e. The van der Waals surface area contributed by atoms with Gasteiger partial charge in [-0.3, -0.25) is 4.79 Å². The topological polar surface area (TPSA) is 81.3 Å². The lowest BCUT2D eigenvalue weighted by Crippen LogP contribution is -2.20. The summed E-state index contributed by atoms with van der Waals surface area (Å²) in [5, 5.41) is 0. The summed E-state index contributed by atoms with van der Waals surface area (Å²) in [6, 6.07) is 7.05.